The Morgan fingerprint density at radius 2 is 2.18 bits per heavy atom. The fourth-order valence-electron chi connectivity index (χ4n) is 1.50. The molecule has 2 aromatic rings. The Labute approximate surface area is 109 Å². The van der Waals surface area contributed by atoms with Gasteiger partial charge in [0.05, 0.1) is 6.61 Å². The lowest BCUT2D eigenvalue weighted by Gasteiger charge is -2.07. The number of methoxy groups -OCH3 is 1. The van der Waals surface area contributed by atoms with Crippen LogP contribution in [0.1, 0.15) is 5.56 Å². The Morgan fingerprint density at radius 1 is 1.29 bits per heavy atom. The standard InChI is InChI=1S/C13H13BrN2O/c1-17-9-10-3-2-4-12(7-10)16-13-6-5-11(14)8-15-13/h2-8H,9H2,1H3,(H,15,16). The molecule has 0 aliphatic rings. The average molecular weight is 293 g/mol. The smallest absolute Gasteiger partial charge is 0.130 e. The van der Waals surface area contributed by atoms with Gasteiger partial charge in [-0.1, -0.05) is 12.1 Å². The summed E-state index contributed by atoms with van der Waals surface area (Å²) in [4.78, 5) is 4.26. The summed E-state index contributed by atoms with van der Waals surface area (Å²) in [6.45, 7) is 0.614. The van der Waals surface area contributed by atoms with Gasteiger partial charge in [-0.15, -0.1) is 0 Å². The van der Waals surface area contributed by atoms with Gasteiger partial charge in [-0.25, -0.2) is 4.98 Å². The third kappa shape index (κ3) is 3.54. The van der Waals surface area contributed by atoms with Gasteiger partial charge < -0.3 is 10.1 Å². The maximum Gasteiger partial charge on any atom is 0.130 e. The van der Waals surface area contributed by atoms with E-state index in [1.54, 1.807) is 13.3 Å². The van der Waals surface area contributed by atoms with Crippen LogP contribution in [0.3, 0.4) is 0 Å². The van der Waals surface area contributed by atoms with E-state index < -0.39 is 0 Å². The molecule has 0 aliphatic heterocycles. The lowest BCUT2D eigenvalue weighted by molar-refractivity contribution is 0.185. The van der Waals surface area contributed by atoms with Crippen LogP contribution in [0.15, 0.2) is 47.1 Å². The third-order valence-electron chi connectivity index (χ3n) is 2.24. The van der Waals surface area contributed by atoms with Crippen molar-refractivity contribution < 1.29 is 4.74 Å². The van der Waals surface area contributed by atoms with E-state index in [9.17, 15) is 0 Å². The quantitative estimate of drug-likeness (QED) is 0.932. The molecule has 88 valence electrons. The first-order valence-electron chi connectivity index (χ1n) is 5.24. The van der Waals surface area contributed by atoms with Crippen molar-refractivity contribution in [2.75, 3.05) is 12.4 Å². The van der Waals surface area contributed by atoms with Crippen molar-refractivity contribution in [3.05, 3.63) is 52.6 Å². The Hall–Kier alpha value is -1.39. The molecule has 0 amide bonds. The molecule has 1 N–H and O–H groups in total. The number of halogens is 1. The molecule has 0 unspecified atom stereocenters. The number of ether oxygens (including phenoxy) is 1. The monoisotopic (exact) mass is 292 g/mol. The first-order valence-corrected chi connectivity index (χ1v) is 6.03. The maximum atomic E-state index is 5.10. The van der Waals surface area contributed by atoms with Crippen molar-refractivity contribution in [1.82, 2.24) is 4.98 Å². The van der Waals surface area contributed by atoms with Crippen LogP contribution in [0.4, 0.5) is 11.5 Å². The van der Waals surface area contributed by atoms with E-state index in [-0.39, 0.29) is 0 Å². The number of rotatable bonds is 4. The van der Waals surface area contributed by atoms with E-state index in [0.29, 0.717) is 6.61 Å². The minimum absolute atomic E-state index is 0.614. The van der Waals surface area contributed by atoms with Gasteiger partial charge in [-0.2, -0.15) is 0 Å². The minimum Gasteiger partial charge on any atom is -0.380 e. The first-order chi connectivity index (χ1) is 8.28. The molecule has 0 aliphatic carbocycles. The van der Waals surface area contributed by atoms with Gasteiger partial charge in [0.2, 0.25) is 0 Å². The van der Waals surface area contributed by atoms with Crippen molar-refractivity contribution in [1.29, 1.82) is 0 Å². The van der Waals surface area contributed by atoms with Crippen LogP contribution in [-0.4, -0.2) is 12.1 Å². The van der Waals surface area contributed by atoms with E-state index in [2.05, 4.69) is 26.2 Å². The Bertz CT molecular complexity index is 485. The highest BCUT2D eigenvalue weighted by molar-refractivity contribution is 9.10. The van der Waals surface area contributed by atoms with Gasteiger partial charge in [0.1, 0.15) is 5.82 Å². The average Bonchev–Trinajstić information content (AvgIpc) is 2.33. The van der Waals surface area contributed by atoms with Crippen molar-refractivity contribution in [2.24, 2.45) is 0 Å². The summed E-state index contributed by atoms with van der Waals surface area (Å²) in [7, 11) is 1.69. The van der Waals surface area contributed by atoms with E-state index in [0.717, 1.165) is 21.5 Å². The Morgan fingerprint density at radius 3 is 2.88 bits per heavy atom. The van der Waals surface area contributed by atoms with Crippen LogP contribution in [0, 0.1) is 0 Å². The normalized spacial score (nSPS) is 10.2. The number of nitrogens with one attached hydrogen (secondary N) is 1. The number of pyridine rings is 1. The molecule has 4 heteroatoms. The molecular formula is C13H13BrN2O. The largest absolute Gasteiger partial charge is 0.380 e. The van der Waals surface area contributed by atoms with Crippen molar-refractivity contribution in [3.8, 4) is 0 Å². The van der Waals surface area contributed by atoms with E-state index >= 15 is 0 Å². The zero-order chi connectivity index (χ0) is 12.1. The van der Waals surface area contributed by atoms with Crippen LogP contribution < -0.4 is 5.32 Å². The Balaban J connectivity index is 2.12. The predicted molar refractivity (Wildman–Crippen MR) is 72.4 cm³/mol. The molecule has 17 heavy (non-hydrogen) atoms. The first kappa shape index (κ1) is 12.1. The van der Waals surface area contributed by atoms with Crippen molar-refractivity contribution in [3.63, 3.8) is 0 Å². The molecule has 1 aromatic heterocycles. The van der Waals surface area contributed by atoms with Gasteiger partial charge >= 0.3 is 0 Å². The molecule has 3 nitrogen and oxygen atoms in total. The third-order valence-corrected chi connectivity index (χ3v) is 2.71. The van der Waals surface area contributed by atoms with Crippen molar-refractivity contribution in [2.45, 2.75) is 6.61 Å². The number of hydrogen-bond donors (Lipinski definition) is 1. The number of benzene rings is 1. The van der Waals surface area contributed by atoms with Crippen LogP contribution in [0.5, 0.6) is 0 Å². The highest BCUT2D eigenvalue weighted by Crippen LogP contribution is 2.17. The zero-order valence-corrected chi connectivity index (χ0v) is 11.1. The van der Waals surface area contributed by atoms with Gasteiger partial charge in [0, 0.05) is 23.5 Å². The number of nitrogens with zero attached hydrogens (tertiary/aromatic N) is 1. The van der Waals surface area contributed by atoms with Gasteiger partial charge in [0.25, 0.3) is 0 Å². The number of anilines is 2. The molecule has 1 aromatic carbocycles. The number of aromatic nitrogens is 1. The molecule has 0 radical (unpaired) electrons. The minimum atomic E-state index is 0.614. The van der Waals surface area contributed by atoms with Gasteiger partial charge in [-0.05, 0) is 45.8 Å². The highest BCUT2D eigenvalue weighted by Gasteiger charge is 1.98. The summed E-state index contributed by atoms with van der Waals surface area (Å²) < 4.78 is 6.07. The summed E-state index contributed by atoms with van der Waals surface area (Å²) in [5.74, 6) is 0.822. The van der Waals surface area contributed by atoms with Gasteiger partial charge in [-0.3, -0.25) is 0 Å². The Kier molecular flexibility index (Phi) is 4.12. The fourth-order valence-corrected chi connectivity index (χ4v) is 1.74. The van der Waals surface area contributed by atoms with Crippen LogP contribution in [-0.2, 0) is 11.3 Å². The topological polar surface area (TPSA) is 34.1 Å². The lowest BCUT2D eigenvalue weighted by atomic mass is 10.2. The van der Waals surface area contributed by atoms with Crippen molar-refractivity contribution >= 4 is 27.4 Å². The fraction of sp³-hybridized carbons (Fsp3) is 0.154. The molecule has 1 heterocycles. The lowest BCUT2D eigenvalue weighted by Crippen LogP contribution is -1.94. The van der Waals surface area contributed by atoms with E-state index in [1.807, 2.05) is 36.4 Å². The van der Waals surface area contributed by atoms with Crippen LogP contribution in [0.2, 0.25) is 0 Å². The molecule has 2 rings (SSSR count). The molecule has 0 spiro atoms. The van der Waals surface area contributed by atoms with Crippen LogP contribution >= 0.6 is 15.9 Å². The number of hydrogen-bond acceptors (Lipinski definition) is 3. The second-order valence-electron chi connectivity index (χ2n) is 3.62. The molecule has 0 bridgehead atoms. The second-order valence-corrected chi connectivity index (χ2v) is 4.54. The van der Waals surface area contributed by atoms with E-state index in [1.165, 1.54) is 0 Å². The highest BCUT2D eigenvalue weighted by atomic mass is 79.9. The zero-order valence-electron chi connectivity index (χ0n) is 9.48. The SMILES string of the molecule is COCc1cccc(Nc2ccc(Br)cn2)c1. The molecular weight excluding hydrogens is 280 g/mol. The molecule has 0 saturated carbocycles. The summed E-state index contributed by atoms with van der Waals surface area (Å²) in [6.07, 6.45) is 1.77. The summed E-state index contributed by atoms with van der Waals surface area (Å²) >= 11 is 3.36. The predicted octanol–water partition coefficient (Wildman–Crippen LogP) is 3.73. The second kappa shape index (κ2) is 5.80. The molecule has 0 atom stereocenters. The van der Waals surface area contributed by atoms with Gasteiger partial charge in [0.15, 0.2) is 0 Å². The maximum absolute atomic E-state index is 5.10. The molecule has 0 fully saturated rings. The summed E-state index contributed by atoms with van der Waals surface area (Å²) in [6, 6.07) is 12.0. The van der Waals surface area contributed by atoms with Crippen LogP contribution in [0.25, 0.3) is 0 Å². The summed E-state index contributed by atoms with van der Waals surface area (Å²) in [5.41, 5.74) is 2.14. The molecule has 0 saturated heterocycles. The summed E-state index contributed by atoms with van der Waals surface area (Å²) in [5, 5.41) is 3.24. The van der Waals surface area contributed by atoms with E-state index in [4.69, 9.17) is 4.74 Å².